The number of sulfonamides is 1. The van der Waals surface area contributed by atoms with Crippen LogP contribution in [0.1, 0.15) is 26.2 Å². The van der Waals surface area contributed by atoms with Crippen molar-refractivity contribution >= 4 is 65.8 Å². The standard InChI is InChI=1S/C23H20Cl2F3NO7S2/c1-2-3-4-21(22(30)31)29(37(32,33)20-12-16(24)11-17(25)13-20)18-7-5-15-10-19(8-6-14(15)9-18)36-38(34,35)23(26,27)28/h5-13,21H,2-4H2,1H3,(H,30,31). The van der Waals surface area contributed by atoms with E-state index in [4.69, 9.17) is 23.2 Å². The zero-order valence-corrected chi connectivity index (χ0v) is 22.6. The molecule has 0 aromatic heterocycles. The molecule has 0 radical (unpaired) electrons. The smallest absolute Gasteiger partial charge is 0.480 e. The first-order chi connectivity index (χ1) is 17.6. The minimum Gasteiger partial charge on any atom is -0.480 e. The molecule has 206 valence electrons. The highest BCUT2D eigenvalue weighted by Crippen LogP contribution is 2.35. The van der Waals surface area contributed by atoms with Crippen molar-refractivity contribution in [2.45, 2.75) is 42.6 Å². The van der Waals surface area contributed by atoms with E-state index >= 15 is 0 Å². The van der Waals surface area contributed by atoms with Gasteiger partial charge in [0, 0.05) is 10.0 Å². The molecule has 3 aromatic rings. The fraction of sp³-hybridized carbons (Fsp3) is 0.261. The maximum absolute atomic E-state index is 13.7. The van der Waals surface area contributed by atoms with Gasteiger partial charge >= 0.3 is 21.6 Å². The molecule has 3 aromatic carbocycles. The van der Waals surface area contributed by atoms with Crippen molar-refractivity contribution in [3.8, 4) is 5.75 Å². The number of unbranched alkanes of at least 4 members (excludes halogenated alkanes) is 1. The number of hydrogen-bond acceptors (Lipinski definition) is 6. The largest absolute Gasteiger partial charge is 0.534 e. The number of carboxylic acid groups (broad SMARTS) is 1. The lowest BCUT2D eigenvalue weighted by Gasteiger charge is -2.30. The summed E-state index contributed by atoms with van der Waals surface area (Å²) in [6.45, 7) is 1.81. The Morgan fingerprint density at radius 1 is 0.974 bits per heavy atom. The van der Waals surface area contributed by atoms with Crippen LogP contribution in [0.4, 0.5) is 18.9 Å². The van der Waals surface area contributed by atoms with E-state index in [-0.39, 0.29) is 37.8 Å². The van der Waals surface area contributed by atoms with Crippen LogP contribution >= 0.6 is 23.2 Å². The molecule has 38 heavy (non-hydrogen) atoms. The topological polar surface area (TPSA) is 118 Å². The molecule has 0 bridgehead atoms. The van der Waals surface area contributed by atoms with Crippen molar-refractivity contribution in [2.24, 2.45) is 0 Å². The Labute approximate surface area is 226 Å². The monoisotopic (exact) mass is 613 g/mol. The number of aliphatic carboxylic acids is 1. The van der Waals surface area contributed by atoms with Gasteiger partial charge in [0.2, 0.25) is 0 Å². The lowest BCUT2D eigenvalue weighted by atomic mass is 10.1. The number of benzene rings is 3. The number of anilines is 1. The molecule has 0 aliphatic carbocycles. The van der Waals surface area contributed by atoms with Gasteiger partial charge in [-0.05, 0) is 59.7 Å². The quantitative estimate of drug-likeness (QED) is 0.213. The van der Waals surface area contributed by atoms with Crippen LogP contribution < -0.4 is 8.49 Å². The van der Waals surface area contributed by atoms with Crippen LogP contribution in [0.2, 0.25) is 10.0 Å². The van der Waals surface area contributed by atoms with Crippen LogP contribution in [-0.2, 0) is 24.9 Å². The number of fused-ring (bicyclic) bond motifs is 1. The van der Waals surface area contributed by atoms with Crippen LogP contribution in [-0.4, -0.2) is 39.5 Å². The minimum atomic E-state index is -5.90. The van der Waals surface area contributed by atoms with Gasteiger partial charge in [0.15, 0.2) is 0 Å². The van der Waals surface area contributed by atoms with Crippen molar-refractivity contribution in [3.63, 3.8) is 0 Å². The van der Waals surface area contributed by atoms with Gasteiger partial charge in [-0.15, -0.1) is 0 Å². The van der Waals surface area contributed by atoms with Crippen molar-refractivity contribution in [3.05, 3.63) is 64.6 Å². The van der Waals surface area contributed by atoms with Gasteiger partial charge in [0.25, 0.3) is 10.0 Å². The Morgan fingerprint density at radius 3 is 2.11 bits per heavy atom. The van der Waals surface area contributed by atoms with E-state index in [1.165, 1.54) is 30.3 Å². The Kier molecular flexibility index (Phi) is 8.76. The van der Waals surface area contributed by atoms with Crippen LogP contribution in [0.25, 0.3) is 10.8 Å². The van der Waals surface area contributed by atoms with E-state index in [1.807, 2.05) is 6.92 Å². The average Bonchev–Trinajstić information content (AvgIpc) is 2.79. The summed E-state index contributed by atoms with van der Waals surface area (Å²) in [7, 11) is -10.4. The van der Waals surface area contributed by atoms with Crippen molar-refractivity contribution in [2.75, 3.05) is 4.31 Å². The molecule has 0 aliphatic heterocycles. The molecule has 0 saturated carbocycles. The molecule has 0 saturated heterocycles. The van der Waals surface area contributed by atoms with Gasteiger partial charge in [0.1, 0.15) is 11.8 Å². The summed E-state index contributed by atoms with van der Waals surface area (Å²) < 4.78 is 93.0. The van der Waals surface area contributed by atoms with Gasteiger partial charge < -0.3 is 9.29 Å². The fourth-order valence-electron chi connectivity index (χ4n) is 3.59. The molecule has 0 amide bonds. The minimum absolute atomic E-state index is 0.0105. The van der Waals surface area contributed by atoms with Crippen LogP contribution in [0.15, 0.2) is 59.5 Å². The first-order valence-electron chi connectivity index (χ1n) is 10.8. The molecule has 8 nitrogen and oxygen atoms in total. The molecule has 15 heteroatoms. The van der Waals surface area contributed by atoms with E-state index in [0.717, 1.165) is 28.6 Å². The maximum Gasteiger partial charge on any atom is 0.534 e. The average molecular weight is 614 g/mol. The Balaban J connectivity index is 2.15. The summed E-state index contributed by atoms with van der Waals surface area (Å²) in [4.78, 5) is 11.9. The third-order valence-corrected chi connectivity index (χ3v) is 8.56. The zero-order chi connectivity index (χ0) is 28.5. The van der Waals surface area contributed by atoms with Crippen LogP contribution in [0.3, 0.4) is 0 Å². The summed E-state index contributed by atoms with van der Waals surface area (Å²) in [6.07, 6.45) is 0.947. The number of alkyl halides is 3. The highest BCUT2D eigenvalue weighted by Gasteiger charge is 2.48. The van der Waals surface area contributed by atoms with Gasteiger partial charge in [-0.25, -0.2) is 13.2 Å². The number of carbonyl (C=O) groups is 1. The number of halogens is 5. The summed E-state index contributed by atoms with van der Waals surface area (Å²) in [5.41, 5.74) is -5.69. The molecular formula is C23H20Cl2F3NO7S2. The van der Waals surface area contributed by atoms with Crippen LogP contribution in [0, 0.1) is 0 Å². The van der Waals surface area contributed by atoms with Crippen LogP contribution in [0.5, 0.6) is 5.75 Å². The van der Waals surface area contributed by atoms with Gasteiger partial charge in [-0.3, -0.25) is 4.31 Å². The fourth-order valence-corrected chi connectivity index (χ4v) is 6.40. The molecule has 1 atom stereocenters. The highest BCUT2D eigenvalue weighted by atomic mass is 35.5. The van der Waals surface area contributed by atoms with Gasteiger partial charge in [-0.1, -0.05) is 55.1 Å². The number of nitrogens with zero attached hydrogens (tertiary/aromatic N) is 1. The summed E-state index contributed by atoms with van der Waals surface area (Å²) in [5.74, 6) is -2.02. The van der Waals surface area contributed by atoms with E-state index in [1.54, 1.807) is 0 Å². The molecular weight excluding hydrogens is 594 g/mol. The second-order valence-corrected chi connectivity index (χ2v) is 12.3. The van der Waals surface area contributed by atoms with E-state index < -0.39 is 43.4 Å². The van der Waals surface area contributed by atoms with Crippen molar-refractivity contribution < 1.29 is 44.1 Å². The summed E-state index contributed by atoms with van der Waals surface area (Å²) in [5, 5.41) is 10.4. The first kappa shape index (κ1) is 29.8. The lowest BCUT2D eigenvalue weighted by Crippen LogP contribution is -2.45. The lowest BCUT2D eigenvalue weighted by molar-refractivity contribution is -0.138. The Morgan fingerprint density at radius 2 is 1.55 bits per heavy atom. The van der Waals surface area contributed by atoms with Crippen molar-refractivity contribution in [1.82, 2.24) is 0 Å². The predicted molar refractivity (Wildman–Crippen MR) is 137 cm³/mol. The van der Waals surface area contributed by atoms with Crippen molar-refractivity contribution in [1.29, 1.82) is 0 Å². The first-order valence-corrected chi connectivity index (χ1v) is 14.4. The molecule has 0 aliphatic rings. The van der Waals surface area contributed by atoms with E-state index in [0.29, 0.717) is 12.8 Å². The highest BCUT2D eigenvalue weighted by molar-refractivity contribution is 7.93. The molecule has 1 N–H and O–H groups in total. The summed E-state index contributed by atoms with van der Waals surface area (Å²) in [6, 6.07) is 9.08. The second kappa shape index (κ2) is 11.2. The molecule has 1 unspecified atom stereocenters. The predicted octanol–water partition coefficient (Wildman–Crippen LogP) is 6.21. The van der Waals surface area contributed by atoms with E-state index in [9.17, 15) is 39.9 Å². The molecule has 3 rings (SSSR count). The Bertz CT molecular complexity index is 1560. The number of hydrogen-bond donors (Lipinski definition) is 1. The second-order valence-electron chi connectivity index (χ2n) is 8.08. The maximum atomic E-state index is 13.7. The zero-order valence-electron chi connectivity index (χ0n) is 19.4. The number of carboxylic acids is 1. The summed E-state index contributed by atoms with van der Waals surface area (Å²) >= 11 is 12.0. The molecule has 0 fully saturated rings. The SMILES string of the molecule is CCCCC(C(=O)O)N(c1ccc2cc(OS(=O)(=O)C(F)(F)F)ccc2c1)S(=O)(=O)c1cc(Cl)cc(Cl)c1. The van der Waals surface area contributed by atoms with E-state index in [2.05, 4.69) is 4.18 Å². The third kappa shape index (κ3) is 6.45. The number of rotatable bonds is 10. The Hall–Kier alpha value is -2.74. The third-order valence-electron chi connectivity index (χ3n) is 5.33. The molecule has 0 heterocycles. The normalized spacial score (nSPS) is 13.3. The van der Waals surface area contributed by atoms with Gasteiger partial charge in [0.05, 0.1) is 10.6 Å². The van der Waals surface area contributed by atoms with Gasteiger partial charge in [-0.2, -0.15) is 21.6 Å². The molecule has 0 spiro atoms.